The number of carbonyl (C=O) groups is 1. The van der Waals surface area contributed by atoms with Crippen molar-refractivity contribution in [2.45, 2.75) is 38.3 Å². The molecular weight excluding hydrogens is 264 g/mol. The van der Waals surface area contributed by atoms with Gasteiger partial charge >= 0.3 is 0 Å². The molecule has 0 aliphatic carbocycles. The van der Waals surface area contributed by atoms with E-state index in [1.165, 1.54) is 0 Å². The second kappa shape index (κ2) is 7.84. The number of nitrogens with one attached hydrogen (secondary N) is 2. The minimum atomic E-state index is -0.0708. The normalized spacial score (nSPS) is 21.6. The smallest absolute Gasteiger partial charge is 0.251 e. The Morgan fingerprint density at radius 1 is 1.43 bits per heavy atom. The molecule has 1 amide bonds. The van der Waals surface area contributed by atoms with E-state index in [1.54, 1.807) is 6.08 Å². The average Bonchev–Trinajstić information content (AvgIpc) is 2.53. The van der Waals surface area contributed by atoms with Crippen LogP contribution in [0.3, 0.4) is 0 Å². The maximum Gasteiger partial charge on any atom is 0.251 e. The van der Waals surface area contributed by atoms with E-state index in [-0.39, 0.29) is 5.91 Å². The van der Waals surface area contributed by atoms with Gasteiger partial charge in [-0.05, 0) is 43.5 Å². The van der Waals surface area contributed by atoms with E-state index in [9.17, 15) is 4.79 Å². The van der Waals surface area contributed by atoms with Crippen LogP contribution in [-0.2, 0) is 4.74 Å². The first kappa shape index (κ1) is 15.6. The largest absolute Gasteiger partial charge is 0.382 e. The van der Waals surface area contributed by atoms with Gasteiger partial charge in [0.05, 0.1) is 6.10 Å². The van der Waals surface area contributed by atoms with Crippen LogP contribution in [0.25, 0.3) is 0 Å². The quantitative estimate of drug-likeness (QED) is 0.791. The maximum absolute atomic E-state index is 11.8. The molecule has 114 valence electrons. The van der Waals surface area contributed by atoms with Crippen molar-refractivity contribution < 1.29 is 9.53 Å². The predicted molar refractivity (Wildman–Crippen MR) is 85.6 cm³/mol. The van der Waals surface area contributed by atoms with Crippen LogP contribution in [-0.4, -0.2) is 31.2 Å². The molecule has 2 rings (SSSR count). The number of carbonyl (C=O) groups excluding carboxylic acids is 1. The average molecular weight is 288 g/mol. The lowest BCUT2D eigenvalue weighted by Crippen LogP contribution is -2.33. The van der Waals surface area contributed by atoms with Crippen molar-refractivity contribution >= 4 is 11.6 Å². The van der Waals surface area contributed by atoms with Crippen LogP contribution in [0.15, 0.2) is 36.9 Å². The second-order valence-electron chi connectivity index (χ2n) is 5.34. The van der Waals surface area contributed by atoms with Crippen molar-refractivity contribution in [1.29, 1.82) is 0 Å². The standard InChI is InChI=1S/C17H24N2O2/c1-3-10-18-17(20)13-5-7-14(8-6-13)19-15-9-11-21-16(4-2)12-15/h3,5-8,15-16,19H,1,4,9-12H2,2H3,(H,18,20). The van der Waals surface area contributed by atoms with Crippen LogP contribution in [0.2, 0.25) is 0 Å². The van der Waals surface area contributed by atoms with Gasteiger partial charge in [0.1, 0.15) is 0 Å². The summed E-state index contributed by atoms with van der Waals surface area (Å²) in [7, 11) is 0. The van der Waals surface area contributed by atoms with E-state index < -0.39 is 0 Å². The Labute approximate surface area is 126 Å². The van der Waals surface area contributed by atoms with Gasteiger partial charge in [0, 0.05) is 30.4 Å². The molecule has 1 aliphatic rings. The zero-order chi connectivity index (χ0) is 15.1. The van der Waals surface area contributed by atoms with Crippen molar-refractivity contribution in [3.05, 3.63) is 42.5 Å². The van der Waals surface area contributed by atoms with E-state index in [2.05, 4.69) is 24.1 Å². The summed E-state index contributed by atoms with van der Waals surface area (Å²) in [6, 6.07) is 8.05. The number of hydrogen-bond acceptors (Lipinski definition) is 3. The third-order valence-electron chi connectivity index (χ3n) is 3.75. The minimum absolute atomic E-state index is 0.0708. The van der Waals surface area contributed by atoms with Crippen LogP contribution >= 0.6 is 0 Å². The molecule has 0 spiro atoms. The van der Waals surface area contributed by atoms with Gasteiger partial charge in [-0.3, -0.25) is 4.79 Å². The van der Waals surface area contributed by atoms with Gasteiger partial charge in [-0.25, -0.2) is 0 Å². The van der Waals surface area contributed by atoms with E-state index in [1.807, 2.05) is 24.3 Å². The molecule has 1 fully saturated rings. The number of benzene rings is 1. The van der Waals surface area contributed by atoms with Gasteiger partial charge in [-0.1, -0.05) is 13.0 Å². The Morgan fingerprint density at radius 2 is 2.19 bits per heavy atom. The van der Waals surface area contributed by atoms with Crippen molar-refractivity contribution in [3.63, 3.8) is 0 Å². The molecule has 1 aromatic rings. The zero-order valence-electron chi connectivity index (χ0n) is 12.6. The molecule has 2 atom stereocenters. The molecule has 2 unspecified atom stereocenters. The molecule has 4 nitrogen and oxygen atoms in total. The van der Waals surface area contributed by atoms with Gasteiger partial charge in [0.15, 0.2) is 0 Å². The highest BCUT2D eigenvalue weighted by Gasteiger charge is 2.21. The SMILES string of the molecule is C=CCNC(=O)c1ccc(NC2CCOC(CC)C2)cc1. The highest BCUT2D eigenvalue weighted by molar-refractivity contribution is 5.94. The van der Waals surface area contributed by atoms with E-state index in [4.69, 9.17) is 4.74 Å². The Hall–Kier alpha value is -1.81. The molecule has 21 heavy (non-hydrogen) atoms. The van der Waals surface area contributed by atoms with E-state index in [0.717, 1.165) is 31.6 Å². The number of amides is 1. The first-order chi connectivity index (χ1) is 10.2. The summed E-state index contributed by atoms with van der Waals surface area (Å²) in [5.74, 6) is -0.0708. The molecule has 1 heterocycles. The van der Waals surface area contributed by atoms with Gasteiger partial charge in [0.25, 0.3) is 5.91 Å². The number of hydrogen-bond donors (Lipinski definition) is 2. The predicted octanol–water partition coefficient (Wildman–Crippen LogP) is 2.97. The summed E-state index contributed by atoms with van der Waals surface area (Å²) in [4.78, 5) is 11.8. The van der Waals surface area contributed by atoms with Crippen LogP contribution in [0.4, 0.5) is 5.69 Å². The van der Waals surface area contributed by atoms with Gasteiger partial charge in [-0.15, -0.1) is 6.58 Å². The topological polar surface area (TPSA) is 50.4 Å². The highest BCUT2D eigenvalue weighted by Crippen LogP contribution is 2.20. The van der Waals surface area contributed by atoms with Crippen molar-refractivity contribution in [2.75, 3.05) is 18.5 Å². The molecule has 0 radical (unpaired) electrons. The summed E-state index contributed by atoms with van der Waals surface area (Å²) in [6.07, 6.45) is 5.15. The molecule has 1 aliphatic heterocycles. The molecule has 0 aromatic heterocycles. The van der Waals surface area contributed by atoms with Crippen LogP contribution in [0, 0.1) is 0 Å². The third kappa shape index (κ3) is 4.60. The summed E-state index contributed by atoms with van der Waals surface area (Å²) in [5.41, 5.74) is 1.72. The molecule has 2 N–H and O–H groups in total. The first-order valence-electron chi connectivity index (χ1n) is 7.60. The Morgan fingerprint density at radius 3 is 2.86 bits per heavy atom. The number of ether oxygens (including phenoxy) is 1. The summed E-state index contributed by atoms with van der Waals surface area (Å²) >= 11 is 0. The molecule has 1 saturated heterocycles. The third-order valence-corrected chi connectivity index (χ3v) is 3.75. The fraction of sp³-hybridized carbons (Fsp3) is 0.471. The number of rotatable bonds is 6. The fourth-order valence-corrected chi connectivity index (χ4v) is 2.52. The van der Waals surface area contributed by atoms with Crippen molar-refractivity contribution in [3.8, 4) is 0 Å². The summed E-state index contributed by atoms with van der Waals surface area (Å²) in [5, 5.41) is 6.30. The first-order valence-corrected chi connectivity index (χ1v) is 7.60. The van der Waals surface area contributed by atoms with Gasteiger partial charge < -0.3 is 15.4 Å². The summed E-state index contributed by atoms with van der Waals surface area (Å²) in [6.45, 7) is 7.04. The monoisotopic (exact) mass is 288 g/mol. The Balaban J connectivity index is 1.90. The molecule has 0 bridgehead atoms. The lowest BCUT2D eigenvalue weighted by molar-refractivity contribution is 0.00925. The van der Waals surface area contributed by atoms with Gasteiger partial charge in [-0.2, -0.15) is 0 Å². The second-order valence-corrected chi connectivity index (χ2v) is 5.34. The molecular formula is C17H24N2O2. The van der Waals surface area contributed by atoms with Crippen molar-refractivity contribution in [2.24, 2.45) is 0 Å². The zero-order valence-corrected chi connectivity index (χ0v) is 12.6. The molecule has 4 heteroatoms. The molecule has 0 saturated carbocycles. The Kier molecular flexibility index (Phi) is 5.81. The Bertz CT molecular complexity index is 470. The van der Waals surface area contributed by atoms with Crippen LogP contribution < -0.4 is 10.6 Å². The van der Waals surface area contributed by atoms with E-state index in [0.29, 0.717) is 24.3 Å². The fourth-order valence-electron chi connectivity index (χ4n) is 2.52. The molecule has 1 aromatic carbocycles. The summed E-state index contributed by atoms with van der Waals surface area (Å²) < 4.78 is 5.68. The highest BCUT2D eigenvalue weighted by atomic mass is 16.5. The van der Waals surface area contributed by atoms with Crippen molar-refractivity contribution in [1.82, 2.24) is 5.32 Å². The lowest BCUT2D eigenvalue weighted by Gasteiger charge is -2.30. The van der Waals surface area contributed by atoms with Crippen LogP contribution in [0.1, 0.15) is 36.5 Å². The van der Waals surface area contributed by atoms with Gasteiger partial charge in [0.2, 0.25) is 0 Å². The minimum Gasteiger partial charge on any atom is -0.382 e. The number of anilines is 1. The maximum atomic E-state index is 11.8. The van der Waals surface area contributed by atoms with Crippen LogP contribution in [0.5, 0.6) is 0 Å². The van der Waals surface area contributed by atoms with E-state index >= 15 is 0 Å². The lowest BCUT2D eigenvalue weighted by atomic mass is 10.0.